The Balaban J connectivity index is 0.000000490. The average Bonchev–Trinajstić information content (AvgIpc) is 1.65. The van der Waals surface area contributed by atoms with Gasteiger partial charge >= 0.3 is 0 Å². The van der Waals surface area contributed by atoms with Crippen LogP contribution >= 0.6 is 12.4 Å². The van der Waals surface area contributed by atoms with Gasteiger partial charge in [-0.15, -0.1) is 12.4 Å². The van der Waals surface area contributed by atoms with E-state index in [-0.39, 0.29) is 12.4 Å². The van der Waals surface area contributed by atoms with E-state index in [0.717, 1.165) is 5.92 Å². The molecule has 0 aromatic rings. The second-order valence-electron chi connectivity index (χ2n) is 2.41. The molecule has 0 spiro atoms. The van der Waals surface area contributed by atoms with Crippen LogP contribution in [0.1, 0.15) is 26.2 Å². The largest absolute Gasteiger partial charge is 0.327 e. The van der Waals surface area contributed by atoms with Crippen molar-refractivity contribution in [2.45, 2.75) is 32.2 Å². The molecule has 0 aliphatic heterocycles. The molecule has 0 unspecified atom stereocenters. The third kappa shape index (κ3) is 1.36. The number of rotatable bonds is 1. The quantitative estimate of drug-likeness (QED) is 0.580. The molecule has 2 atom stereocenters. The van der Waals surface area contributed by atoms with Crippen LogP contribution in [-0.2, 0) is 0 Å². The van der Waals surface area contributed by atoms with Crippen LogP contribution in [0.5, 0.6) is 0 Å². The van der Waals surface area contributed by atoms with Crippen molar-refractivity contribution >= 4 is 12.4 Å². The molecule has 0 amide bonds. The molecule has 1 aliphatic carbocycles. The Morgan fingerprint density at radius 3 is 2.12 bits per heavy atom. The van der Waals surface area contributed by atoms with Crippen LogP contribution in [0.2, 0.25) is 0 Å². The SMILES string of the molecule is CC[C@@H]1CC[C@H]1N.Cl. The summed E-state index contributed by atoms with van der Waals surface area (Å²) in [5, 5.41) is 0. The van der Waals surface area contributed by atoms with E-state index in [4.69, 9.17) is 5.73 Å². The summed E-state index contributed by atoms with van der Waals surface area (Å²) in [7, 11) is 0. The normalized spacial score (nSPS) is 35.2. The summed E-state index contributed by atoms with van der Waals surface area (Å²) in [6, 6.07) is 0.546. The van der Waals surface area contributed by atoms with E-state index in [1.165, 1.54) is 19.3 Å². The zero-order valence-corrected chi connectivity index (χ0v) is 6.08. The number of hydrogen-bond acceptors (Lipinski definition) is 1. The molecule has 1 rings (SSSR count). The van der Waals surface area contributed by atoms with E-state index in [9.17, 15) is 0 Å². The van der Waals surface area contributed by atoms with Crippen LogP contribution in [0.3, 0.4) is 0 Å². The van der Waals surface area contributed by atoms with E-state index in [1.54, 1.807) is 0 Å². The van der Waals surface area contributed by atoms with Gasteiger partial charge in [0.1, 0.15) is 0 Å². The van der Waals surface area contributed by atoms with Crippen LogP contribution in [-0.4, -0.2) is 6.04 Å². The molecular formula is C6H14ClN. The lowest BCUT2D eigenvalue weighted by atomic mass is 9.79. The molecule has 2 heteroatoms. The molecule has 1 fully saturated rings. The van der Waals surface area contributed by atoms with Crippen LogP contribution in [0, 0.1) is 5.92 Å². The zero-order valence-electron chi connectivity index (χ0n) is 5.26. The summed E-state index contributed by atoms with van der Waals surface area (Å²) in [6.45, 7) is 2.21. The van der Waals surface area contributed by atoms with E-state index in [0.29, 0.717) is 6.04 Å². The second-order valence-corrected chi connectivity index (χ2v) is 2.41. The van der Waals surface area contributed by atoms with E-state index < -0.39 is 0 Å². The predicted molar refractivity (Wildman–Crippen MR) is 38.2 cm³/mol. The van der Waals surface area contributed by atoms with E-state index in [1.807, 2.05) is 0 Å². The Kier molecular flexibility index (Phi) is 3.41. The van der Waals surface area contributed by atoms with Crippen LogP contribution < -0.4 is 5.73 Å². The lowest BCUT2D eigenvalue weighted by Gasteiger charge is -2.32. The first kappa shape index (κ1) is 8.25. The maximum absolute atomic E-state index is 5.63. The maximum Gasteiger partial charge on any atom is 0.00671 e. The molecule has 0 radical (unpaired) electrons. The Bertz CT molecular complexity index is 63.5. The molecule has 0 saturated heterocycles. The zero-order chi connectivity index (χ0) is 5.28. The van der Waals surface area contributed by atoms with Gasteiger partial charge in [-0.25, -0.2) is 0 Å². The Morgan fingerprint density at radius 2 is 2.12 bits per heavy atom. The highest BCUT2D eigenvalue weighted by Gasteiger charge is 2.24. The maximum atomic E-state index is 5.63. The van der Waals surface area contributed by atoms with Crippen molar-refractivity contribution in [1.29, 1.82) is 0 Å². The Labute approximate surface area is 57.1 Å². The van der Waals surface area contributed by atoms with E-state index >= 15 is 0 Å². The molecule has 50 valence electrons. The van der Waals surface area contributed by atoms with Crippen molar-refractivity contribution in [3.8, 4) is 0 Å². The summed E-state index contributed by atoms with van der Waals surface area (Å²) in [4.78, 5) is 0. The Morgan fingerprint density at radius 1 is 1.50 bits per heavy atom. The van der Waals surface area contributed by atoms with Crippen molar-refractivity contribution in [2.24, 2.45) is 11.7 Å². The summed E-state index contributed by atoms with van der Waals surface area (Å²) in [5.74, 6) is 0.861. The molecule has 0 aromatic carbocycles. The highest BCUT2D eigenvalue weighted by atomic mass is 35.5. The van der Waals surface area contributed by atoms with Crippen LogP contribution in [0.15, 0.2) is 0 Å². The number of halogens is 1. The van der Waals surface area contributed by atoms with Gasteiger partial charge in [-0.1, -0.05) is 13.3 Å². The molecular weight excluding hydrogens is 122 g/mol. The minimum absolute atomic E-state index is 0. The fourth-order valence-electron chi connectivity index (χ4n) is 1.10. The lowest BCUT2D eigenvalue weighted by Crippen LogP contribution is -2.38. The van der Waals surface area contributed by atoms with Gasteiger partial charge in [0.15, 0.2) is 0 Å². The third-order valence-corrected chi connectivity index (χ3v) is 2.00. The predicted octanol–water partition coefficient (Wildman–Crippen LogP) is 1.56. The lowest BCUT2D eigenvalue weighted by molar-refractivity contribution is 0.250. The van der Waals surface area contributed by atoms with Gasteiger partial charge in [0.05, 0.1) is 0 Å². The highest BCUT2D eigenvalue weighted by molar-refractivity contribution is 5.85. The summed E-state index contributed by atoms with van der Waals surface area (Å²) >= 11 is 0. The number of hydrogen-bond donors (Lipinski definition) is 1. The highest BCUT2D eigenvalue weighted by Crippen LogP contribution is 2.27. The number of nitrogens with two attached hydrogens (primary N) is 1. The van der Waals surface area contributed by atoms with Crippen molar-refractivity contribution in [1.82, 2.24) is 0 Å². The Hall–Kier alpha value is 0.250. The van der Waals surface area contributed by atoms with Crippen LogP contribution in [0.25, 0.3) is 0 Å². The molecule has 0 bridgehead atoms. The third-order valence-electron chi connectivity index (χ3n) is 2.00. The van der Waals surface area contributed by atoms with Gasteiger partial charge in [-0.05, 0) is 18.8 Å². The first-order valence-corrected chi connectivity index (χ1v) is 3.10. The smallest absolute Gasteiger partial charge is 0.00671 e. The first-order valence-electron chi connectivity index (χ1n) is 3.10. The van der Waals surface area contributed by atoms with Crippen molar-refractivity contribution in [3.63, 3.8) is 0 Å². The molecule has 1 aliphatic rings. The molecule has 2 N–H and O–H groups in total. The fourth-order valence-corrected chi connectivity index (χ4v) is 1.10. The first-order chi connectivity index (χ1) is 3.34. The topological polar surface area (TPSA) is 26.0 Å². The summed E-state index contributed by atoms with van der Waals surface area (Å²) in [6.07, 6.45) is 3.91. The van der Waals surface area contributed by atoms with Gasteiger partial charge in [0.25, 0.3) is 0 Å². The molecule has 1 nitrogen and oxygen atoms in total. The van der Waals surface area contributed by atoms with Crippen molar-refractivity contribution in [3.05, 3.63) is 0 Å². The van der Waals surface area contributed by atoms with Gasteiger partial charge < -0.3 is 5.73 Å². The minimum Gasteiger partial charge on any atom is -0.327 e. The van der Waals surface area contributed by atoms with Gasteiger partial charge in [0, 0.05) is 6.04 Å². The van der Waals surface area contributed by atoms with Crippen molar-refractivity contribution in [2.75, 3.05) is 0 Å². The average molecular weight is 136 g/mol. The monoisotopic (exact) mass is 135 g/mol. The summed E-state index contributed by atoms with van der Waals surface area (Å²) < 4.78 is 0. The second kappa shape index (κ2) is 3.31. The summed E-state index contributed by atoms with van der Waals surface area (Å²) in [5.41, 5.74) is 5.63. The van der Waals surface area contributed by atoms with Crippen LogP contribution in [0.4, 0.5) is 0 Å². The molecule has 0 heterocycles. The van der Waals surface area contributed by atoms with Gasteiger partial charge in [0.2, 0.25) is 0 Å². The molecule has 8 heavy (non-hydrogen) atoms. The van der Waals surface area contributed by atoms with E-state index in [2.05, 4.69) is 6.92 Å². The fraction of sp³-hybridized carbons (Fsp3) is 1.00. The van der Waals surface area contributed by atoms with Crippen molar-refractivity contribution < 1.29 is 0 Å². The van der Waals surface area contributed by atoms with Gasteiger partial charge in [-0.2, -0.15) is 0 Å². The molecule has 0 aromatic heterocycles. The minimum atomic E-state index is 0. The van der Waals surface area contributed by atoms with Gasteiger partial charge in [-0.3, -0.25) is 0 Å². The molecule has 1 saturated carbocycles. The standard InChI is InChI=1S/C6H13N.ClH/c1-2-5-3-4-6(5)7;/h5-6H,2-4,7H2,1H3;1H/t5-,6-;/m1./s1.